The van der Waals surface area contributed by atoms with Crippen LogP contribution in [0.25, 0.3) is 0 Å². The molecule has 2 bridgehead atoms. The van der Waals surface area contributed by atoms with E-state index in [1.165, 1.54) is 12.8 Å². The van der Waals surface area contributed by atoms with Crippen molar-refractivity contribution in [2.45, 2.75) is 43.4 Å². The van der Waals surface area contributed by atoms with Crippen LogP contribution in [0.1, 0.15) is 25.7 Å². The molecule has 2 N–H and O–H groups in total. The van der Waals surface area contributed by atoms with Crippen LogP contribution in [0.4, 0.5) is 0 Å². The summed E-state index contributed by atoms with van der Waals surface area (Å²) < 4.78 is 0. The number of aliphatic hydroxyl groups is 2. The first-order chi connectivity index (χ1) is 5.64. The summed E-state index contributed by atoms with van der Waals surface area (Å²) in [6.45, 7) is -0.0756. The molecule has 2 fully saturated rings. The Morgan fingerprint density at radius 1 is 1.33 bits per heavy atom. The molecule has 3 heteroatoms. The Balaban J connectivity index is 2.12. The number of rotatable bonds is 1. The van der Waals surface area contributed by atoms with Crippen molar-refractivity contribution in [2.75, 3.05) is 13.7 Å². The molecule has 2 rings (SSSR count). The molecule has 70 valence electrons. The molecule has 0 aromatic rings. The van der Waals surface area contributed by atoms with Crippen LogP contribution < -0.4 is 0 Å². The molecule has 0 saturated carbocycles. The number of hydrogen-bond acceptors (Lipinski definition) is 3. The molecule has 0 aliphatic carbocycles. The van der Waals surface area contributed by atoms with Crippen LogP contribution in [0.3, 0.4) is 0 Å². The fraction of sp³-hybridized carbons (Fsp3) is 1.00. The third-order valence-electron chi connectivity index (χ3n) is 3.51. The highest BCUT2D eigenvalue weighted by Crippen LogP contribution is 2.39. The van der Waals surface area contributed by atoms with Gasteiger partial charge in [0.1, 0.15) is 0 Å². The molecule has 0 aromatic carbocycles. The molecule has 2 aliphatic heterocycles. The zero-order valence-electron chi connectivity index (χ0n) is 7.53. The zero-order valence-corrected chi connectivity index (χ0v) is 7.53. The Hall–Kier alpha value is -0.120. The molecule has 2 aliphatic rings. The summed E-state index contributed by atoms with van der Waals surface area (Å²) in [5, 5.41) is 18.9. The van der Waals surface area contributed by atoms with Crippen molar-refractivity contribution in [3.63, 3.8) is 0 Å². The summed E-state index contributed by atoms with van der Waals surface area (Å²) in [5.74, 6) is 0. The second-order valence-electron chi connectivity index (χ2n) is 4.34. The largest absolute Gasteiger partial charge is 0.393 e. The van der Waals surface area contributed by atoms with Crippen molar-refractivity contribution in [1.29, 1.82) is 0 Å². The number of piperidine rings is 1. The Bertz CT molecular complexity index is 169. The highest BCUT2D eigenvalue weighted by Gasteiger charge is 2.45. The second kappa shape index (κ2) is 2.69. The standard InChI is InChI=1S/C9H17NO2/c1-10-7-2-3-8(10)5-9(12,4-7)6-11/h7-8,11-12H,2-6H2,1H3. The van der Waals surface area contributed by atoms with Crippen LogP contribution in [-0.2, 0) is 0 Å². The van der Waals surface area contributed by atoms with E-state index in [-0.39, 0.29) is 6.61 Å². The lowest BCUT2D eigenvalue weighted by Crippen LogP contribution is -2.51. The average Bonchev–Trinajstić information content (AvgIpc) is 2.32. The van der Waals surface area contributed by atoms with Gasteiger partial charge in [-0.15, -0.1) is 0 Å². The zero-order chi connectivity index (χ0) is 8.77. The van der Waals surface area contributed by atoms with Gasteiger partial charge in [-0.25, -0.2) is 0 Å². The molecule has 2 heterocycles. The van der Waals surface area contributed by atoms with Crippen LogP contribution in [-0.4, -0.2) is 46.5 Å². The fourth-order valence-electron chi connectivity index (χ4n) is 2.67. The molecular weight excluding hydrogens is 154 g/mol. The van der Waals surface area contributed by atoms with Gasteiger partial charge in [0.05, 0.1) is 12.2 Å². The van der Waals surface area contributed by atoms with Gasteiger partial charge in [-0.05, 0) is 32.7 Å². The van der Waals surface area contributed by atoms with Gasteiger partial charge in [-0.1, -0.05) is 0 Å². The number of nitrogens with zero attached hydrogens (tertiary/aromatic N) is 1. The van der Waals surface area contributed by atoms with Crippen molar-refractivity contribution >= 4 is 0 Å². The maximum atomic E-state index is 9.90. The first kappa shape index (κ1) is 8.48. The highest BCUT2D eigenvalue weighted by molar-refractivity contribution is 5.00. The van der Waals surface area contributed by atoms with E-state index in [4.69, 9.17) is 5.11 Å². The van der Waals surface area contributed by atoms with E-state index in [2.05, 4.69) is 11.9 Å². The fourth-order valence-corrected chi connectivity index (χ4v) is 2.67. The minimum atomic E-state index is -0.779. The second-order valence-corrected chi connectivity index (χ2v) is 4.34. The van der Waals surface area contributed by atoms with Crippen molar-refractivity contribution in [3.8, 4) is 0 Å². The van der Waals surface area contributed by atoms with Crippen LogP contribution >= 0.6 is 0 Å². The van der Waals surface area contributed by atoms with Gasteiger partial charge in [0, 0.05) is 12.1 Å². The number of aliphatic hydroxyl groups excluding tert-OH is 1. The van der Waals surface area contributed by atoms with Crippen molar-refractivity contribution in [1.82, 2.24) is 4.90 Å². The normalized spacial score (nSPS) is 48.2. The van der Waals surface area contributed by atoms with Crippen molar-refractivity contribution in [2.24, 2.45) is 0 Å². The van der Waals surface area contributed by atoms with Gasteiger partial charge >= 0.3 is 0 Å². The van der Waals surface area contributed by atoms with E-state index in [1.54, 1.807) is 0 Å². The summed E-state index contributed by atoms with van der Waals surface area (Å²) in [7, 11) is 2.12. The van der Waals surface area contributed by atoms with E-state index in [9.17, 15) is 5.11 Å². The van der Waals surface area contributed by atoms with Crippen LogP contribution in [0, 0.1) is 0 Å². The molecule has 2 atom stereocenters. The van der Waals surface area contributed by atoms with Crippen LogP contribution in [0.5, 0.6) is 0 Å². The maximum absolute atomic E-state index is 9.90. The molecule has 12 heavy (non-hydrogen) atoms. The third-order valence-corrected chi connectivity index (χ3v) is 3.51. The summed E-state index contributed by atoms with van der Waals surface area (Å²) in [4.78, 5) is 2.35. The SMILES string of the molecule is CN1C2CCC1CC(O)(CO)C2. The molecule has 2 unspecified atom stereocenters. The quantitative estimate of drug-likeness (QED) is 0.582. The number of hydrogen-bond donors (Lipinski definition) is 2. The Morgan fingerprint density at radius 3 is 2.25 bits per heavy atom. The van der Waals surface area contributed by atoms with Crippen molar-refractivity contribution in [3.05, 3.63) is 0 Å². The van der Waals surface area contributed by atoms with E-state index in [0.717, 1.165) is 12.8 Å². The Morgan fingerprint density at radius 2 is 1.83 bits per heavy atom. The monoisotopic (exact) mass is 171 g/mol. The average molecular weight is 171 g/mol. The van der Waals surface area contributed by atoms with Gasteiger partial charge in [-0.2, -0.15) is 0 Å². The van der Waals surface area contributed by atoms with Crippen LogP contribution in [0.15, 0.2) is 0 Å². The van der Waals surface area contributed by atoms with E-state index in [1.807, 2.05) is 0 Å². The Kier molecular flexibility index (Phi) is 1.90. The van der Waals surface area contributed by atoms with Crippen LogP contribution in [0.2, 0.25) is 0 Å². The molecule has 2 saturated heterocycles. The van der Waals surface area contributed by atoms with Gasteiger partial charge < -0.3 is 15.1 Å². The summed E-state index contributed by atoms with van der Waals surface area (Å²) in [5.41, 5.74) is -0.779. The highest BCUT2D eigenvalue weighted by atomic mass is 16.3. The summed E-state index contributed by atoms with van der Waals surface area (Å²) in [6.07, 6.45) is 3.86. The third kappa shape index (κ3) is 1.16. The number of fused-ring (bicyclic) bond motifs is 2. The smallest absolute Gasteiger partial charge is 0.0907 e. The predicted molar refractivity (Wildman–Crippen MR) is 45.8 cm³/mol. The minimum Gasteiger partial charge on any atom is -0.393 e. The van der Waals surface area contributed by atoms with Gasteiger partial charge in [0.15, 0.2) is 0 Å². The van der Waals surface area contributed by atoms with Gasteiger partial charge in [-0.3, -0.25) is 0 Å². The lowest BCUT2D eigenvalue weighted by Gasteiger charge is -2.41. The minimum absolute atomic E-state index is 0.0756. The summed E-state index contributed by atoms with van der Waals surface area (Å²) in [6, 6.07) is 1.00. The predicted octanol–water partition coefficient (Wildman–Crippen LogP) is -0.0336. The lowest BCUT2D eigenvalue weighted by atomic mass is 9.87. The van der Waals surface area contributed by atoms with E-state index >= 15 is 0 Å². The Labute approximate surface area is 73.0 Å². The van der Waals surface area contributed by atoms with E-state index < -0.39 is 5.60 Å². The van der Waals surface area contributed by atoms with Gasteiger partial charge in [0.2, 0.25) is 0 Å². The lowest BCUT2D eigenvalue weighted by molar-refractivity contribution is -0.0776. The van der Waals surface area contributed by atoms with E-state index in [0.29, 0.717) is 12.1 Å². The summed E-state index contributed by atoms with van der Waals surface area (Å²) >= 11 is 0. The first-order valence-electron chi connectivity index (χ1n) is 4.70. The first-order valence-corrected chi connectivity index (χ1v) is 4.70. The molecule has 0 radical (unpaired) electrons. The molecule has 0 spiro atoms. The maximum Gasteiger partial charge on any atom is 0.0907 e. The topological polar surface area (TPSA) is 43.7 Å². The molecule has 3 nitrogen and oxygen atoms in total. The molecule has 0 aromatic heterocycles. The van der Waals surface area contributed by atoms with Gasteiger partial charge in [0.25, 0.3) is 0 Å². The molecular formula is C9H17NO2. The molecule has 0 amide bonds. The van der Waals surface area contributed by atoms with Crippen molar-refractivity contribution < 1.29 is 10.2 Å².